The molecule has 0 radical (unpaired) electrons. The molecule has 0 saturated carbocycles. The standard InChI is InChI=1S/C16H8Br2Cl4N4O2/c17-11-5-1-3-9(7-11)15-16(25(21)13(27)23(15)19,26(22)14(28)24(15)20)10-4-2-6-12(18)8-10/h1-8H. The highest BCUT2D eigenvalue weighted by Gasteiger charge is 2.81. The summed E-state index contributed by atoms with van der Waals surface area (Å²) in [5.41, 5.74) is -2.73. The van der Waals surface area contributed by atoms with E-state index in [9.17, 15) is 9.59 Å². The van der Waals surface area contributed by atoms with Crippen molar-refractivity contribution in [3.63, 3.8) is 0 Å². The molecule has 2 aromatic carbocycles. The second kappa shape index (κ2) is 6.82. The summed E-state index contributed by atoms with van der Waals surface area (Å²) in [6.45, 7) is 0. The van der Waals surface area contributed by atoms with Gasteiger partial charge in [-0.25, -0.2) is 9.59 Å². The van der Waals surface area contributed by atoms with Gasteiger partial charge in [-0.3, -0.25) is 0 Å². The fourth-order valence-electron chi connectivity index (χ4n) is 3.68. The van der Waals surface area contributed by atoms with E-state index in [0.29, 0.717) is 20.1 Å². The van der Waals surface area contributed by atoms with E-state index < -0.39 is 23.4 Å². The first kappa shape index (κ1) is 20.4. The first-order valence-corrected chi connectivity index (χ1v) is 10.6. The lowest BCUT2D eigenvalue weighted by Crippen LogP contribution is -2.58. The molecule has 0 aliphatic carbocycles. The molecule has 0 unspecified atom stereocenters. The topological polar surface area (TPSA) is 47.1 Å². The first-order valence-electron chi connectivity index (χ1n) is 7.64. The fraction of sp³-hybridized carbons (Fsp3) is 0.125. The van der Waals surface area contributed by atoms with Crippen molar-refractivity contribution in [2.45, 2.75) is 11.3 Å². The van der Waals surface area contributed by atoms with E-state index >= 15 is 0 Å². The summed E-state index contributed by atoms with van der Waals surface area (Å²) in [5.74, 6) is 0. The lowest BCUT2D eigenvalue weighted by atomic mass is 9.83. The molecular formula is C16H8Br2Cl4N4O2. The Morgan fingerprint density at radius 1 is 0.643 bits per heavy atom. The van der Waals surface area contributed by atoms with Crippen LogP contribution in [0.2, 0.25) is 0 Å². The summed E-state index contributed by atoms with van der Waals surface area (Å²) in [6, 6.07) is 12.1. The van der Waals surface area contributed by atoms with Crippen LogP contribution in [0.4, 0.5) is 9.59 Å². The number of fused-ring (bicyclic) bond motifs is 1. The Balaban J connectivity index is 2.17. The molecule has 0 aromatic heterocycles. The smallest absolute Gasteiger partial charge is 0.245 e. The Morgan fingerprint density at radius 2 is 0.964 bits per heavy atom. The third-order valence-electron chi connectivity index (χ3n) is 4.75. The summed E-state index contributed by atoms with van der Waals surface area (Å²) in [7, 11) is 0. The molecule has 6 nitrogen and oxygen atoms in total. The number of carbonyl (C=O) groups is 2. The van der Waals surface area contributed by atoms with E-state index in [1.54, 1.807) is 48.5 Å². The van der Waals surface area contributed by atoms with Gasteiger partial charge in [0.1, 0.15) is 0 Å². The number of hydrogen-bond donors (Lipinski definition) is 0. The molecule has 2 aromatic rings. The van der Waals surface area contributed by atoms with E-state index in [2.05, 4.69) is 31.9 Å². The number of benzene rings is 2. The Morgan fingerprint density at radius 3 is 1.25 bits per heavy atom. The van der Waals surface area contributed by atoms with Gasteiger partial charge in [0.25, 0.3) is 0 Å². The van der Waals surface area contributed by atoms with Gasteiger partial charge >= 0.3 is 12.1 Å². The lowest BCUT2D eigenvalue weighted by Gasteiger charge is -2.43. The molecule has 4 amide bonds. The Hall–Kier alpha value is -0.900. The summed E-state index contributed by atoms with van der Waals surface area (Å²) >= 11 is 32.7. The van der Waals surface area contributed by atoms with Crippen molar-refractivity contribution in [1.82, 2.24) is 17.7 Å². The van der Waals surface area contributed by atoms with Gasteiger partial charge < -0.3 is 0 Å². The average molecular weight is 590 g/mol. The summed E-state index contributed by atoms with van der Waals surface area (Å²) in [5, 5.41) is 0. The van der Waals surface area contributed by atoms with E-state index in [0.717, 1.165) is 17.7 Å². The summed E-state index contributed by atoms with van der Waals surface area (Å²) in [6.07, 6.45) is 0. The highest BCUT2D eigenvalue weighted by atomic mass is 79.9. The largest absolute Gasteiger partial charge is 0.354 e. The number of nitrogens with zero attached hydrogens (tertiary/aromatic N) is 4. The van der Waals surface area contributed by atoms with Gasteiger partial charge in [-0.1, -0.05) is 56.1 Å². The molecule has 0 bridgehead atoms. The van der Waals surface area contributed by atoms with Crippen LogP contribution in [0.25, 0.3) is 0 Å². The third-order valence-corrected chi connectivity index (χ3v) is 7.29. The molecular weight excluding hydrogens is 582 g/mol. The summed E-state index contributed by atoms with van der Waals surface area (Å²) < 4.78 is 4.51. The molecule has 2 saturated heterocycles. The number of urea groups is 2. The molecule has 4 rings (SSSR count). The van der Waals surface area contributed by atoms with Gasteiger partial charge in [-0.05, 0) is 24.3 Å². The number of carbonyl (C=O) groups excluding carboxylic acids is 2. The van der Waals surface area contributed by atoms with Gasteiger partial charge in [0.2, 0.25) is 11.3 Å². The van der Waals surface area contributed by atoms with Crippen LogP contribution in [0.5, 0.6) is 0 Å². The molecule has 146 valence electrons. The molecule has 0 spiro atoms. The molecule has 0 N–H and O–H groups in total. The van der Waals surface area contributed by atoms with Gasteiger partial charge in [0, 0.05) is 67.2 Å². The molecule has 0 atom stereocenters. The van der Waals surface area contributed by atoms with Crippen LogP contribution >= 0.6 is 79.0 Å². The fourth-order valence-corrected chi connectivity index (χ4v) is 6.10. The van der Waals surface area contributed by atoms with Crippen LogP contribution in [0.1, 0.15) is 11.1 Å². The zero-order valence-corrected chi connectivity index (χ0v) is 19.7. The minimum Gasteiger partial charge on any atom is -0.245 e. The molecule has 12 heteroatoms. The highest BCUT2D eigenvalue weighted by molar-refractivity contribution is 9.10. The molecule has 2 aliphatic heterocycles. The van der Waals surface area contributed by atoms with Crippen molar-refractivity contribution in [1.29, 1.82) is 0 Å². The normalized spacial score (nSPS) is 27.1. The van der Waals surface area contributed by atoms with Crippen molar-refractivity contribution in [3.8, 4) is 0 Å². The number of rotatable bonds is 2. The minimum absolute atomic E-state index is 0.417. The zero-order chi connectivity index (χ0) is 20.4. The van der Waals surface area contributed by atoms with Crippen molar-refractivity contribution >= 4 is 91.0 Å². The third kappa shape index (κ3) is 2.27. The number of hydrogen-bond acceptors (Lipinski definition) is 2. The van der Waals surface area contributed by atoms with Crippen LogP contribution < -0.4 is 0 Å². The van der Waals surface area contributed by atoms with Crippen molar-refractivity contribution in [3.05, 3.63) is 68.6 Å². The molecule has 2 fully saturated rings. The van der Waals surface area contributed by atoms with E-state index in [1.165, 1.54) is 0 Å². The van der Waals surface area contributed by atoms with Crippen LogP contribution in [-0.4, -0.2) is 29.7 Å². The maximum atomic E-state index is 12.9. The second-order valence-electron chi connectivity index (χ2n) is 6.05. The van der Waals surface area contributed by atoms with E-state index in [-0.39, 0.29) is 0 Å². The minimum atomic E-state index is -1.78. The number of amides is 4. The quantitative estimate of drug-likeness (QED) is 0.386. The molecule has 2 heterocycles. The van der Waals surface area contributed by atoms with Gasteiger partial charge in [-0.2, -0.15) is 17.7 Å². The number of halogens is 6. The predicted octanol–water partition coefficient (Wildman–Crippen LogP) is 6.31. The van der Waals surface area contributed by atoms with Gasteiger partial charge in [-0.15, -0.1) is 0 Å². The Labute approximate surface area is 197 Å². The van der Waals surface area contributed by atoms with Crippen LogP contribution in [-0.2, 0) is 11.3 Å². The molecule has 2 aliphatic rings. The van der Waals surface area contributed by atoms with Crippen molar-refractivity contribution < 1.29 is 9.59 Å². The monoisotopic (exact) mass is 586 g/mol. The predicted molar refractivity (Wildman–Crippen MR) is 113 cm³/mol. The van der Waals surface area contributed by atoms with Crippen LogP contribution in [0, 0.1) is 0 Å². The lowest BCUT2D eigenvalue weighted by molar-refractivity contribution is 0.0293. The summed E-state index contributed by atoms with van der Waals surface area (Å²) in [4.78, 5) is 25.9. The van der Waals surface area contributed by atoms with Gasteiger partial charge in [0.05, 0.1) is 0 Å². The Bertz CT molecular complexity index is 907. The zero-order valence-electron chi connectivity index (χ0n) is 13.5. The van der Waals surface area contributed by atoms with Gasteiger partial charge in [0.15, 0.2) is 0 Å². The highest BCUT2D eigenvalue weighted by Crippen LogP contribution is 2.64. The van der Waals surface area contributed by atoms with Crippen molar-refractivity contribution in [2.24, 2.45) is 0 Å². The van der Waals surface area contributed by atoms with Crippen molar-refractivity contribution in [2.75, 3.05) is 0 Å². The Kier molecular flexibility index (Phi) is 4.96. The SMILES string of the molecule is O=C1N(Cl)C2(c3cccc(Br)c3)N(Cl)C(=O)N(Cl)C2(c2cccc(Br)c2)N1Cl. The van der Waals surface area contributed by atoms with E-state index in [4.69, 9.17) is 47.1 Å². The second-order valence-corrected chi connectivity index (χ2v) is 9.24. The maximum Gasteiger partial charge on any atom is 0.354 e. The van der Waals surface area contributed by atoms with E-state index in [1.807, 2.05) is 0 Å². The van der Waals surface area contributed by atoms with Crippen LogP contribution in [0.3, 0.4) is 0 Å². The average Bonchev–Trinajstić information content (AvgIpc) is 2.96. The van der Waals surface area contributed by atoms with Crippen LogP contribution in [0.15, 0.2) is 57.5 Å². The molecule has 28 heavy (non-hydrogen) atoms. The first-order chi connectivity index (χ1) is 13.2. The maximum absolute atomic E-state index is 12.9.